The quantitative estimate of drug-likeness (QED) is 0.609. The van der Waals surface area contributed by atoms with Crippen LogP contribution >= 0.6 is 0 Å². The van der Waals surface area contributed by atoms with E-state index in [1.54, 1.807) is 30.3 Å². The Labute approximate surface area is 167 Å². The summed E-state index contributed by atoms with van der Waals surface area (Å²) in [5.41, 5.74) is 1.84. The predicted molar refractivity (Wildman–Crippen MR) is 101 cm³/mol. The Kier molecular flexibility index (Phi) is 7.78. The van der Waals surface area contributed by atoms with Crippen molar-refractivity contribution in [3.63, 3.8) is 0 Å². The largest absolute Gasteiger partial charge is 0.486 e. The number of halogens is 2. The number of carbonyl (C=O) groups excluding carboxylic acids is 2. The highest BCUT2D eigenvalue weighted by Crippen LogP contribution is 2.22. The average molecular weight is 407 g/mol. The molecule has 1 heterocycles. The summed E-state index contributed by atoms with van der Waals surface area (Å²) in [6, 6.07) is 9.76. The molecule has 1 aromatic carbocycles. The summed E-state index contributed by atoms with van der Waals surface area (Å²) < 4.78 is 35.5. The number of aliphatic hydroxyl groups is 1. The number of aromatic nitrogens is 1. The summed E-state index contributed by atoms with van der Waals surface area (Å²) in [7, 11) is 1.30. The normalized spacial score (nSPS) is 12.3. The molecule has 0 spiro atoms. The van der Waals surface area contributed by atoms with Gasteiger partial charge in [0, 0.05) is 24.5 Å². The van der Waals surface area contributed by atoms with Crippen molar-refractivity contribution in [2.75, 3.05) is 20.3 Å². The van der Waals surface area contributed by atoms with Crippen molar-refractivity contribution in [2.24, 2.45) is 0 Å². The molecule has 0 aliphatic carbocycles. The average Bonchev–Trinajstić information content (AvgIpc) is 2.72. The van der Waals surface area contributed by atoms with Crippen LogP contribution in [0.5, 0.6) is 5.75 Å². The third-order valence-corrected chi connectivity index (χ3v) is 4.26. The summed E-state index contributed by atoms with van der Waals surface area (Å²) in [6.07, 6.45) is 1.80. The first kappa shape index (κ1) is 22.4. The van der Waals surface area contributed by atoms with E-state index in [1.807, 2.05) is 6.92 Å². The lowest BCUT2D eigenvalue weighted by molar-refractivity contribution is -0.118. The molecule has 0 saturated carbocycles. The van der Waals surface area contributed by atoms with Gasteiger partial charge in [-0.25, -0.2) is 13.6 Å². The van der Waals surface area contributed by atoms with E-state index in [2.05, 4.69) is 9.72 Å². The molecule has 0 bridgehead atoms. The molecule has 8 heteroatoms. The van der Waals surface area contributed by atoms with Gasteiger partial charge in [0.2, 0.25) is 0 Å². The number of carbonyl (C=O) groups is 2. The van der Waals surface area contributed by atoms with E-state index >= 15 is 0 Å². The molecule has 0 aliphatic heterocycles. The molecule has 1 N–H and O–H groups in total. The van der Waals surface area contributed by atoms with Crippen molar-refractivity contribution in [3.05, 3.63) is 59.4 Å². The van der Waals surface area contributed by atoms with Crippen LogP contribution < -0.4 is 4.74 Å². The van der Waals surface area contributed by atoms with Crippen molar-refractivity contribution in [1.29, 1.82) is 0 Å². The van der Waals surface area contributed by atoms with E-state index in [9.17, 15) is 18.4 Å². The third-order valence-electron chi connectivity index (χ3n) is 4.26. The lowest BCUT2D eigenvalue weighted by Gasteiger charge is -2.15. The number of esters is 1. The van der Waals surface area contributed by atoms with Crippen LogP contribution in [0.1, 0.15) is 40.9 Å². The van der Waals surface area contributed by atoms with Crippen molar-refractivity contribution in [2.45, 2.75) is 31.6 Å². The monoisotopic (exact) mass is 407 g/mol. The fourth-order valence-electron chi connectivity index (χ4n) is 2.63. The minimum atomic E-state index is -3.31. The first-order valence-corrected chi connectivity index (χ1v) is 9.00. The number of hydrogen-bond donors (Lipinski definition) is 1. The highest BCUT2D eigenvalue weighted by atomic mass is 19.3. The van der Waals surface area contributed by atoms with Crippen molar-refractivity contribution >= 4 is 11.8 Å². The molecule has 0 saturated heterocycles. The van der Waals surface area contributed by atoms with Crippen LogP contribution in [0.2, 0.25) is 0 Å². The maximum absolute atomic E-state index is 13.0. The third kappa shape index (κ3) is 6.90. The topological polar surface area (TPSA) is 85.7 Å². The van der Waals surface area contributed by atoms with E-state index in [0.29, 0.717) is 11.3 Å². The van der Waals surface area contributed by atoms with Gasteiger partial charge in [0.05, 0.1) is 18.9 Å². The molecule has 0 aliphatic rings. The van der Waals surface area contributed by atoms with Crippen LogP contribution in [-0.4, -0.2) is 48.1 Å². The van der Waals surface area contributed by atoms with Crippen molar-refractivity contribution in [1.82, 2.24) is 4.98 Å². The fourth-order valence-corrected chi connectivity index (χ4v) is 2.63. The van der Waals surface area contributed by atoms with E-state index in [0.717, 1.165) is 5.56 Å². The van der Waals surface area contributed by atoms with E-state index in [4.69, 9.17) is 9.84 Å². The van der Waals surface area contributed by atoms with Gasteiger partial charge in [-0.3, -0.25) is 9.78 Å². The van der Waals surface area contributed by atoms with Gasteiger partial charge in [-0.15, -0.1) is 0 Å². The molecule has 0 radical (unpaired) electrons. The minimum Gasteiger partial charge on any atom is -0.486 e. The Bertz CT molecular complexity index is 822. The summed E-state index contributed by atoms with van der Waals surface area (Å²) in [5, 5.41) is 8.53. The molecule has 2 rings (SSSR count). The fraction of sp³-hybridized carbons (Fsp3) is 0.381. The van der Waals surface area contributed by atoms with Crippen LogP contribution in [0.15, 0.2) is 42.6 Å². The predicted octanol–water partition coefficient (Wildman–Crippen LogP) is 3.18. The second kappa shape index (κ2) is 10.1. The Morgan fingerprint density at radius 1 is 1.17 bits per heavy atom. The summed E-state index contributed by atoms with van der Waals surface area (Å²) >= 11 is 0. The second-order valence-electron chi connectivity index (χ2n) is 6.73. The number of alkyl halides is 2. The Morgan fingerprint density at radius 3 is 2.41 bits per heavy atom. The van der Waals surface area contributed by atoms with Gasteiger partial charge in [-0.2, -0.15) is 0 Å². The zero-order valence-corrected chi connectivity index (χ0v) is 16.2. The lowest BCUT2D eigenvalue weighted by Crippen LogP contribution is -2.29. The molecule has 156 valence electrons. The molecule has 29 heavy (non-hydrogen) atoms. The van der Waals surface area contributed by atoms with Crippen LogP contribution in [0.4, 0.5) is 8.78 Å². The minimum absolute atomic E-state index is 0.00744. The number of Topliss-reactive ketones (excluding diaryl/α,β-unsaturated/α-hetero) is 1. The number of pyridine rings is 1. The smallest absolute Gasteiger partial charge is 0.337 e. The van der Waals surface area contributed by atoms with Crippen LogP contribution in [0.3, 0.4) is 0 Å². The van der Waals surface area contributed by atoms with Crippen LogP contribution in [0, 0.1) is 0 Å². The second-order valence-corrected chi connectivity index (χ2v) is 6.73. The van der Waals surface area contributed by atoms with Gasteiger partial charge in [-0.05, 0) is 29.8 Å². The van der Waals surface area contributed by atoms with Crippen LogP contribution in [0.25, 0.3) is 0 Å². The Morgan fingerprint density at radius 2 is 1.86 bits per heavy atom. The number of hydrogen-bond acceptors (Lipinski definition) is 6. The molecule has 1 atom stereocenters. The number of benzene rings is 1. The molecule has 2 aromatic rings. The molecule has 1 aromatic heterocycles. The zero-order chi connectivity index (χ0) is 21.4. The standard InChI is InChI=1S/C21H23F2NO5/c1-14(19-8-7-18(11-24-19)29-13-21(22,23)12-25)9-17(26)10-15-3-5-16(6-4-15)20(27)28-2/h3-8,11,14,25H,9-10,12-13H2,1-2H3/t14-/m0/s1. The zero-order valence-electron chi connectivity index (χ0n) is 16.2. The number of ketones is 1. The Balaban J connectivity index is 1.88. The van der Waals surface area contributed by atoms with Gasteiger partial charge in [0.15, 0.2) is 6.61 Å². The van der Waals surface area contributed by atoms with Gasteiger partial charge >= 0.3 is 11.9 Å². The number of ether oxygens (including phenoxy) is 2. The SMILES string of the molecule is COC(=O)c1ccc(CC(=O)C[C@H](C)c2ccc(OCC(F)(F)CO)cn2)cc1. The molecular formula is C21H23F2NO5. The maximum atomic E-state index is 13.0. The Hall–Kier alpha value is -2.87. The first-order valence-electron chi connectivity index (χ1n) is 9.00. The lowest BCUT2D eigenvalue weighted by atomic mass is 9.96. The maximum Gasteiger partial charge on any atom is 0.337 e. The molecule has 0 fully saturated rings. The summed E-state index contributed by atoms with van der Waals surface area (Å²) in [6.45, 7) is -0.378. The van der Waals surface area contributed by atoms with Crippen molar-refractivity contribution < 1.29 is 33.0 Å². The van der Waals surface area contributed by atoms with Crippen molar-refractivity contribution in [3.8, 4) is 5.75 Å². The number of rotatable bonds is 10. The molecule has 6 nitrogen and oxygen atoms in total. The molecule has 0 unspecified atom stereocenters. The highest BCUT2D eigenvalue weighted by molar-refractivity contribution is 5.89. The first-order chi connectivity index (χ1) is 13.7. The van der Waals surface area contributed by atoms with E-state index in [-0.39, 0.29) is 30.3 Å². The van der Waals surface area contributed by atoms with Gasteiger partial charge < -0.3 is 14.6 Å². The number of methoxy groups -OCH3 is 1. The highest BCUT2D eigenvalue weighted by Gasteiger charge is 2.28. The van der Waals surface area contributed by atoms with Gasteiger partial charge in [0.1, 0.15) is 18.1 Å². The molecule has 0 amide bonds. The number of nitrogens with zero attached hydrogens (tertiary/aromatic N) is 1. The van der Waals surface area contributed by atoms with Gasteiger partial charge in [-0.1, -0.05) is 19.1 Å². The van der Waals surface area contributed by atoms with Crippen LogP contribution in [-0.2, 0) is 16.0 Å². The summed E-state index contributed by atoms with van der Waals surface area (Å²) in [4.78, 5) is 27.9. The summed E-state index contributed by atoms with van der Waals surface area (Å²) in [5.74, 6) is -3.74. The number of aliphatic hydroxyl groups excluding tert-OH is 1. The molecular weight excluding hydrogens is 384 g/mol. The van der Waals surface area contributed by atoms with E-state index < -0.39 is 25.1 Å². The van der Waals surface area contributed by atoms with E-state index in [1.165, 1.54) is 19.4 Å². The van der Waals surface area contributed by atoms with Gasteiger partial charge in [0.25, 0.3) is 0 Å².